The second-order valence-electron chi connectivity index (χ2n) is 7.13. The molecule has 3 aliphatic rings. The molecule has 4 rings (SSSR count). The number of rotatable bonds is 4. The van der Waals surface area contributed by atoms with Crippen molar-refractivity contribution in [3.63, 3.8) is 0 Å². The average molecular weight is 343 g/mol. The number of carbonyl (C=O) groups is 2. The standard InChI is InChI=1S/C19H25N3O3/c23-18(13-25-17-7-6-14-3-1-4-15(14)11-17)21-9-2-5-16(12-21)22-10-8-20-19(22)24/h6-7,11,16H,1-5,8-10,12-13H2,(H,20,24). The monoisotopic (exact) mass is 343 g/mol. The van der Waals surface area contributed by atoms with Gasteiger partial charge in [-0.15, -0.1) is 0 Å². The summed E-state index contributed by atoms with van der Waals surface area (Å²) in [6.07, 6.45) is 5.35. The summed E-state index contributed by atoms with van der Waals surface area (Å²) in [7, 11) is 0. The first-order valence-electron chi connectivity index (χ1n) is 9.27. The summed E-state index contributed by atoms with van der Waals surface area (Å²) in [5, 5.41) is 2.84. The fourth-order valence-electron chi connectivity index (χ4n) is 4.14. The third-order valence-electron chi connectivity index (χ3n) is 5.51. The Morgan fingerprint density at radius 1 is 1.20 bits per heavy atom. The highest BCUT2D eigenvalue weighted by molar-refractivity contribution is 5.79. The van der Waals surface area contributed by atoms with Gasteiger partial charge in [-0.3, -0.25) is 4.79 Å². The van der Waals surface area contributed by atoms with Crippen molar-refractivity contribution in [1.29, 1.82) is 0 Å². The van der Waals surface area contributed by atoms with E-state index in [0.717, 1.165) is 44.5 Å². The molecular weight excluding hydrogens is 318 g/mol. The minimum atomic E-state index is -0.00584. The van der Waals surface area contributed by atoms with E-state index in [-0.39, 0.29) is 24.6 Å². The number of likely N-dealkylation sites (tertiary alicyclic amines) is 1. The van der Waals surface area contributed by atoms with Gasteiger partial charge in [0.05, 0.1) is 6.04 Å². The summed E-state index contributed by atoms with van der Waals surface area (Å²) in [6, 6.07) is 6.27. The molecule has 2 fully saturated rings. The molecule has 0 bridgehead atoms. The molecule has 1 aliphatic carbocycles. The minimum absolute atomic E-state index is 0.00445. The average Bonchev–Trinajstić information content (AvgIpc) is 3.27. The molecule has 1 aromatic rings. The van der Waals surface area contributed by atoms with Gasteiger partial charge in [-0.1, -0.05) is 6.07 Å². The fraction of sp³-hybridized carbons (Fsp3) is 0.579. The van der Waals surface area contributed by atoms with Crippen LogP contribution in [-0.2, 0) is 17.6 Å². The summed E-state index contributed by atoms with van der Waals surface area (Å²) in [4.78, 5) is 28.1. The Bertz CT molecular complexity index is 676. The Labute approximate surface area is 148 Å². The van der Waals surface area contributed by atoms with Gasteiger partial charge in [-0.25, -0.2) is 4.79 Å². The topological polar surface area (TPSA) is 61.9 Å². The van der Waals surface area contributed by atoms with Crippen molar-refractivity contribution in [2.75, 3.05) is 32.8 Å². The molecule has 1 atom stereocenters. The number of urea groups is 1. The number of hydrogen-bond acceptors (Lipinski definition) is 3. The number of nitrogens with zero attached hydrogens (tertiary/aromatic N) is 2. The van der Waals surface area contributed by atoms with Crippen LogP contribution in [0.1, 0.15) is 30.4 Å². The predicted molar refractivity (Wildman–Crippen MR) is 93.7 cm³/mol. The number of fused-ring (bicyclic) bond motifs is 1. The predicted octanol–water partition coefficient (Wildman–Crippen LogP) is 1.57. The fourth-order valence-corrected chi connectivity index (χ4v) is 4.14. The highest BCUT2D eigenvalue weighted by Gasteiger charge is 2.32. The maximum Gasteiger partial charge on any atom is 0.317 e. The molecule has 1 unspecified atom stereocenters. The van der Waals surface area contributed by atoms with Gasteiger partial charge in [-0.2, -0.15) is 0 Å². The van der Waals surface area contributed by atoms with Crippen molar-refractivity contribution in [3.05, 3.63) is 29.3 Å². The van der Waals surface area contributed by atoms with E-state index in [0.29, 0.717) is 13.1 Å². The largest absolute Gasteiger partial charge is 0.484 e. The van der Waals surface area contributed by atoms with Crippen LogP contribution in [0.25, 0.3) is 0 Å². The molecule has 1 aromatic carbocycles. The summed E-state index contributed by atoms with van der Waals surface area (Å²) < 4.78 is 5.74. The molecule has 6 heteroatoms. The number of aryl methyl sites for hydroxylation is 2. The van der Waals surface area contributed by atoms with Crippen LogP contribution in [0.3, 0.4) is 0 Å². The van der Waals surface area contributed by atoms with Gasteiger partial charge in [0, 0.05) is 26.2 Å². The van der Waals surface area contributed by atoms with Gasteiger partial charge in [0.2, 0.25) is 0 Å². The molecule has 2 heterocycles. The lowest BCUT2D eigenvalue weighted by molar-refractivity contribution is -0.135. The van der Waals surface area contributed by atoms with Crippen LogP contribution in [0.4, 0.5) is 4.79 Å². The molecular formula is C19H25N3O3. The van der Waals surface area contributed by atoms with Crippen molar-refractivity contribution >= 4 is 11.9 Å². The Morgan fingerprint density at radius 2 is 2.08 bits per heavy atom. The smallest absolute Gasteiger partial charge is 0.317 e. The van der Waals surface area contributed by atoms with Crippen LogP contribution < -0.4 is 10.1 Å². The lowest BCUT2D eigenvalue weighted by Gasteiger charge is -2.37. The molecule has 0 saturated carbocycles. The second-order valence-corrected chi connectivity index (χ2v) is 7.13. The maximum atomic E-state index is 12.5. The number of carbonyl (C=O) groups excluding carboxylic acids is 2. The van der Waals surface area contributed by atoms with Crippen molar-refractivity contribution in [3.8, 4) is 5.75 Å². The number of benzene rings is 1. The third kappa shape index (κ3) is 3.43. The maximum absolute atomic E-state index is 12.5. The van der Waals surface area contributed by atoms with E-state index >= 15 is 0 Å². The highest BCUT2D eigenvalue weighted by Crippen LogP contribution is 2.26. The summed E-state index contributed by atoms with van der Waals surface area (Å²) >= 11 is 0. The first-order valence-corrected chi connectivity index (χ1v) is 9.27. The normalized spacial score (nSPS) is 22.7. The molecule has 0 spiro atoms. The minimum Gasteiger partial charge on any atom is -0.484 e. The lowest BCUT2D eigenvalue weighted by atomic mass is 10.0. The molecule has 0 radical (unpaired) electrons. The number of ether oxygens (including phenoxy) is 1. The molecule has 134 valence electrons. The quantitative estimate of drug-likeness (QED) is 0.903. The van der Waals surface area contributed by atoms with Gasteiger partial charge in [0.15, 0.2) is 6.61 Å². The van der Waals surface area contributed by atoms with Crippen molar-refractivity contribution in [2.24, 2.45) is 0 Å². The number of amides is 3. The van der Waals surface area contributed by atoms with E-state index in [4.69, 9.17) is 4.74 Å². The van der Waals surface area contributed by atoms with Gasteiger partial charge < -0.3 is 19.9 Å². The number of nitrogens with one attached hydrogen (secondary N) is 1. The van der Waals surface area contributed by atoms with Crippen LogP contribution in [-0.4, -0.2) is 60.6 Å². The lowest BCUT2D eigenvalue weighted by Crippen LogP contribution is -2.51. The van der Waals surface area contributed by atoms with Crippen molar-refractivity contribution in [2.45, 2.75) is 38.1 Å². The van der Waals surface area contributed by atoms with Crippen LogP contribution in [0, 0.1) is 0 Å². The molecule has 6 nitrogen and oxygen atoms in total. The van der Waals surface area contributed by atoms with Gasteiger partial charge in [0.25, 0.3) is 5.91 Å². The van der Waals surface area contributed by atoms with E-state index in [1.165, 1.54) is 17.5 Å². The Hall–Kier alpha value is -2.24. The van der Waals surface area contributed by atoms with Gasteiger partial charge in [0.1, 0.15) is 5.75 Å². The molecule has 1 N–H and O–H groups in total. The van der Waals surface area contributed by atoms with Crippen molar-refractivity contribution < 1.29 is 14.3 Å². The van der Waals surface area contributed by atoms with Crippen LogP contribution in [0.5, 0.6) is 5.75 Å². The Kier molecular flexibility index (Phi) is 4.51. The van der Waals surface area contributed by atoms with Crippen LogP contribution in [0.2, 0.25) is 0 Å². The van der Waals surface area contributed by atoms with Crippen LogP contribution in [0.15, 0.2) is 18.2 Å². The van der Waals surface area contributed by atoms with E-state index in [2.05, 4.69) is 17.4 Å². The van der Waals surface area contributed by atoms with Gasteiger partial charge in [-0.05, 0) is 55.4 Å². The van der Waals surface area contributed by atoms with E-state index in [1.54, 1.807) is 0 Å². The zero-order valence-electron chi connectivity index (χ0n) is 14.5. The second kappa shape index (κ2) is 6.94. The zero-order valence-corrected chi connectivity index (χ0v) is 14.5. The molecule has 3 amide bonds. The van der Waals surface area contributed by atoms with E-state index in [1.807, 2.05) is 15.9 Å². The molecule has 0 aromatic heterocycles. The highest BCUT2D eigenvalue weighted by atomic mass is 16.5. The Morgan fingerprint density at radius 3 is 2.92 bits per heavy atom. The number of piperidine rings is 1. The van der Waals surface area contributed by atoms with E-state index in [9.17, 15) is 9.59 Å². The molecule has 2 saturated heterocycles. The molecule has 25 heavy (non-hydrogen) atoms. The van der Waals surface area contributed by atoms with Gasteiger partial charge >= 0.3 is 6.03 Å². The van der Waals surface area contributed by atoms with E-state index < -0.39 is 0 Å². The summed E-state index contributed by atoms with van der Waals surface area (Å²) in [5.41, 5.74) is 2.75. The SMILES string of the molecule is O=C(COc1ccc2c(c1)CCC2)N1CCCC(N2CCNC2=O)C1. The van der Waals surface area contributed by atoms with Crippen LogP contribution >= 0.6 is 0 Å². The first kappa shape index (κ1) is 16.2. The Balaban J connectivity index is 1.32. The zero-order chi connectivity index (χ0) is 17.2. The summed E-state index contributed by atoms with van der Waals surface area (Å²) in [5.74, 6) is 0.784. The number of hydrogen-bond donors (Lipinski definition) is 1. The van der Waals surface area contributed by atoms with Crippen molar-refractivity contribution in [1.82, 2.24) is 15.1 Å². The molecule has 2 aliphatic heterocycles. The first-order chi connectivity index (χ1) is 12.2. The third-order valence-corrected chi connectivity index (χ3v) is 5.51. The summed E-state index contributed by atoms with van der Waals surface area (Å²) in [6.45, 7) is 2.86.